The first-order chi connectivity index (χ1) is 9.07. The number of rotatable bonds is 4. The topological polar surface area (TPSA) is 80.4 Å². The van der Waals surface area contributed by atoms with Gasteiger partial charge in [-0.15, -0.1) is 0 Å². The van der Waals surface area contributed by atoms with Crippen molar-refractivity contribution in [1.82, 2.24) is 10.3 Å². The summed E-state index contributed by atoms with van der Waals surface area (Å²) in [6.45, 7) is 4.44. The summed E-state index contributed by atoms with van der Waals surface area (Å²) in [6.07, 6.45) is 5.46. The quantitative estimate of drug-likeness (QED) is 0.662. The van der Waals surface area contributed by atoms with Crippen molar-refractivity contribution in [3.8, 4) is 0 Å². The molecule has 1 atom stereocenters. The first-order valence-corrected chi connectivity index (χ1v) is 6.14. The maximum atomic E-state index is 11.2. The lowest BCUT2D eigenvalue weighted by atomic mass is 9.79. The van der Waals surface area contributed by atoms with Crippen LogP contribution in [0.1, 0.15) is 25.8 Å². The van der Waals surface area contributed by atoms with E-state index in [9.17, 15) is 10.1 Å². The predicted octanol–water partition coefficient (Wildman–Crippen LogP) is 1.87. The Morgan fingerprint density at radius 2 is 2.16 bits per heavy atom. The highest BCUT2D eigenvalue weighted by Crippen LogP contribution is 2.33. The minimum Gasteiger partial charge on any atom is -0.365 e. The molecule has 0 radical (unpaired) electrons. The van der Waals surface area contributed by atoms with Crippen molar-refractivity contribution in [1.29, 1.82) is 0 Å². The van der Waals surface area contributed by atoms with E-state index in [0.717, 1.165) is 5.56 Å². The Balaban J connectivity index is 2.36. The summed E-state index contributed by atoms with van der Waals surface area (Å²) in [4.78, 5) is 19.0. The number of aliphatic imine (C=N–C) groups is 1. The number of nitrogens with one attached hydrogen (secondary N) is 1. The SMILES string of the molecule is CCNC1=C([N+](=O)[O-])CC(C)(c2ccncc2)C=N1. The summed E-state index contributed by atoms with van der Waals surface area (Å²) < 4.78 is 0. The maximum Gasteiger partial charge on any atom is 0.289 e. The van der Waals surface area contributed by atoms with Gasteiger partial charge in [-0.1, -0.05) is 0 Å². The zero-order chi connectivity index (χ0) is 13.9. The number of nitrogens with zero attached hydrogens (tertiary/aromatic N) is 3. The van der Waals surface area contributed by atoms with Gasteiger partial charge in [-0.2, -0.15) is 0 Å². The smallest absolute Gasteiger partial charge is 0.289 e. The van der Waals surface area contributed by atoms with E-state index in [1.54, 1.807) is 18.6 Å². The molecule has 0 amide bonds. The minimum absolute atomic E-state index is 0.128. The normalized spacial score (nSPS) is 22.4. The second kappa shape index (κ2) is 5.17. The predicted molar refractivity (Wildman–Crippen MR) is 72.4 cm³/mol. The molecule has 19 heavy (non-hydrogen) atoms. The van der Waals surface area contributed by atoms with Gasteiger partial charge in [0.25, 0.3) is 5.70 Å². The molecule has 1 aromatic heterocycles. The molecule has 2 rings (SSSR count). The molecule has 1 aliphatic rings. The average molecular weight is 260 g/mol. The van der Waals surface area contributed by atoms with Crippen molar-refractivity contribution in [3.05, 3.63) is 51.7 Å². The zero-order valence-electron chi connectivity index (χ0n) is 11.0. The van der Waals surface area contributed by atoms with Gasteiger partial charge in [0.05, 0.1) is 11.3 Å². The Hall–Kier alpha value is -2.24. The van der Waals surface area contributed by atoms with E-state index in [-0.39, 0.29) is 10.6 Å². The molecule has 6 nitrogen and oxygen atoms in total. The standard InChI is InChI=1S/C13H16N4O2/c1-3-15-12-11(17(18)19)8-13(2,9-16-12)10-4-6-14-7-5-10/h4-7,9,15H,3,8H2,1-2H3. The lowest BCUT2D eigenvalue weighted by Crippen LogP contribution is -2.32. The number of hydrogen-bond donors (Lipinski definition) is 1. The fourth-order valence-corrected chi connectivity index (χ4v) is 2.13. The lowest BCUT2D eigenvalue weighted by Gasteiger charge is -2.27. The van der Waals surface area contributed by atoms with Crippen LogP contribution in [-0.2, 0) is 5.41 Å². The number of pyridine rings is 1. The molecule has 0 aromatic carbocycles. The van der Waals surface area contributed by atoms with Gasteiger partial charge < -0.3 is 5.32 Å². The fraction of sp³-hybridized carbons (Fsp3) is 0.385. The van der Waals surface area contributed by atoms with Crippen LogP contribution in [0, 0.1) is 10.1 Å². The van der Waals surface area contributed by atoms with Crippen LogP contribution in [0.3, 0.4) is 0 Å². The maximum absolute atomic E-state index is 11.2. The third-order valence-corrected chi connectivity index (χ3v) is 3.19. The highest BCUT2D eigenvalue weighted by molar-refractivity contribution is 5.75. The van der Waals surface area contributed by atoms with Crippen molar-refractivity contribution in [3.63, 3.8) is 0 Å². The van der Waals surface area contributed by atoms with Gasteiger partial charge in [-0.05, 0) is 31.5 Å². The fourth-order valence-electron chi connectivity index (χ4n) is 2.13. The van der Waals surface area contributed by atoms with Gasteiger partial charge in [-0.3, -0.25) is 15.1 Å². The summed E-state index contributed by atoms with van der Waals surface area (Å²) in [5, 5.41) is 14.1. The van der Waals surface area contributed by atoms with Crippen LogP contribution in [0.4, 0.5) is 0 Å². The third-order valence-electron chi connectivity index (χ3n) is 3.19. The van der Waals surface area contributed by atoms with Crippen LogP contribution in [0.5, 0.6) is 0 Å². The monoisotopic (exact) mass is 260 g/mol. The number of aromatic nitrogens is 1. The Bertz CT molecular complexity index is 539. The van der Waals surface area contributed by atoms with Crippen LogP contribution in [-0.4, -0.2) is 22.7 Å². The van der Waals surface area contributed by atoms with Crippen molar-refractivity contribution in [2.45, 2.75) is 25.7 Å². The Morgan fingerprint density at radius 3 is 2.74 bits per heavy atom. The van der Waals surface area contributed by atoms with E-state index in [1.165, 1.54) is 0 Å². The summed E-state index contributed by atoms with van der Waals surface area (Å²) in [6, 6.07) is 3.73. The molecule has 2 heterocycles. The van der Waals surface area contributed by atoms with Crippen LogP contribution < -0.4 is 5.32 Å². The number of hydrogen-bond acceptors (Lipinski definition) is 5. The van der Waals surface area contributed by atoms with Gasteiger partial charge in [0.15, 0.2) is 0 Å². The second-order valence-corrected chi connectivity index (χ2v) is 4.67. The van der Waals surface area contributed by atoms with Gasteiger partial charge >= 0.3 is 0 Å². The molecule has 100 valence electrons. The Kier molecular flexibility index (Phi) is 3.59. The molecule has 0 saturated carbocycles. The first kappa shape index (κ1) is 13.2. The Morgan fingerprint density at radius 1 is 1.47 bits per heavy atom. The van der Waals surface area contributed by atoms with Gasteiger partial charge in [-0.25, -0.2) is 4.99 Å². The van der Waals surface area contributed by atoms with Crippen molar-refractivity contribution >= 4 is 6.21 Å². The van der Waals surface area contributed by atoms with Gasteiger partial charge in [0, 0.05) is 30.6 Å². The molecule has 0 spiro atoms. The highest BCUT2D eigenvalue weighted by atomic mass is 16.6. The van der Waals surface area contributed by atoms with Crippen molar-refractivity contribution in [2.24, 2.45) is 4.99 Å². The van der Waals surface area contributed by atoms with E-state index in [0.29, 0.717) is 18.8 Å². The molecule has 0 fully saturated rings. The average Bonchev–Trinajstić information content (AvgIpc) is 2.42. The summed E-state index contributed by atoms with van der Waals surface area (Å²) in [5.74, 6) is 0.360. The van der Waals surface area contributed by atoms with E-state index in [1.807, 2.05) is 26.0 Å². The molecule has 0 saturated heterocycles. The van der Waals surface area contributed by atoms with Crippen molar-refractivity contribution in [2.75, 3.05) is 6.54 Å². The lowest BCUT2D eigenvalue weighted by molar-refractivity contribution is -0.430. The van der Waals surface area contributed by atoms with Crippen LogP contribution in [0.2, 0.25) is 0 Å². The third kappa shape index (κ3) is 2.62. The molecule has 1 unspecified atom stereocenters. The van der Waals surface area contributed by atoms with E-state index in [4.69, 9.17) is 0 Å². The molecule has 1 N–H and O–H groups in total. The summed E-state index contributed by atoms with van der Waals surface area (Å²) in [5.41, 5.74) is 0.634. The van der Waals surface area contributed by atoms with Crippen LogP contribution >= 0.6 is 0 Å². The second-order valence-electron chi connectivity index (χ2n) is 4.67. The molecule has 0 bridgehead atoms. The zero-order valence-corrected chi connectivity index (χ0v) is 11.0. The largest absolute Gasteiger partial charge is 0.365 e. The molecule has 6 heteroatoms. The summed E-state index contributed by atoms with van der Waals surface area (Å²) >= 11 is 0. The molecular formula is C13H16N4O2. The van der Waals surface area contributed by atoms with E-state index < -0.39 is 5.41 Å². The first-order valence-electron chi connectivity index (χ1n) is 6.14. The van der Waals surface area contributed by atoms with Gasteiger partial charge in [0.2, 0.25) is 5.82 Å². The van der Waals surface area contributed by atoms with Crippen molar-refractivity contribution < 1.29 is 4.92 Å². The molecule has 1 aromatic rings. The summed E-state index contributed by atoms with van der Waals surface area (Å²) in [7, 11) is 0. The highest BCUT2D eigenvalue weighted by Gasteiger charge is 2.36. The number of nitro groups is 1. The Labute approximate surface area is 111 Å². The minimum atomic E-state index is -0.468. The molecular weight excluding hydrogens is 244 g/mol. The number of allylic oxidation sites excluding steroid dienone is 1. The van der Waals surface area contributed by atoms with Gasteiger partial charge in [0.1, 0.15) is 0 Å². The van der Waals surface area contributed by atoms with Crippen LogP contribution in [0.15, 0.2) is 41.0 Å². The molecule has 0 aliphatic carbocycles. The van der Waals surface area contributed by atoms with E-state index >= 15 is 0 Å². The molecule has 1 aliphatic heterocycles. The van der Waals surface area contributed by atoms with E-state index in [2.05, 4.69) is 15.3 Å². The van der Waals surface area contributed by atoms with Crippen LogP contribution in [0.25, 0.3) is 0 Å².